The number of hydrogen-bond donors (Lipinski definition) is 1. The molecule has 1 heterocycles. The number of aromatic nitrogens is 3. The van der Waals surface area contributed by atoms with Crippen molar-refractivity contribution in [3.63, 3.8) is 0 Å². The van der Waals surface area contributed by atoms with E-state index in [0.717, 1.165) is 11.6 Å². The van der Waals surface area contributed by atoms with Gasteiger partial charge in [0.25, 0.3) is 0 Å². The van der Waals surface area contributed by atoms with Crippen LogP contribution in [-0.2, 0) is 0 Å². The first kappa shape index (κ1) is 12.8. The Hall–Kier alpha value is -1.62. The number of anilines is 2. The van der Waals surface area contributed by atoms with Gasteiger partial charge in [0.1, 0.15) is 0 Å². The third-order valence-electron chi connectivity index (χ3n) is 2.98. The largest absolute Gasteiger partial charge is 0.313 e. The molecular weight excluding hydrogens is 244 g/mol. The summed E-state index contributed by atoms with van der Waals surface area (Å²) in [6.45, 7) is 6.29. The van der Waals surface area contributed by atoms with E-state index < -0.39 is 0 Å². The molecule has 18 heavy (non-hydrogen) atoms. The lowest BCUT2D eigenvalue weighted by Gasteiger charge is -2.22. The summed E-state index contributed by atoms with van der Waals surface area (Å²) >= 11 is 5.27. The summed E-state index contributed by atoms with van der Waals surface area (Å²) in [6.07, 6.45) is 0. The molecule has 0 unspecified atom stereocenters. The molecule has 1 N–H and O–H groups in total. The molecule has 0 atom stereocenters. The second-order valence-electron chi connectivity index (χ2n) is 4.64. The molecule has 1 aromatic carbocycles. The summed E-state index contributed by atoms with van der Waals surface area (Å²) in [5, 5.41) is 7.19. The van der Waals surface area contributed by atoms with Crippen molar-refractivity contribution in [2.24, 2.45) is 0 Å². The van der Waals surface area contributed by atoms with Gasteiger partial charge in [-0.25, -0.2) is 5.10 Å². The van der Waals surface area contributed by atoms with E-state index in [1.54, 1.807) is 0 Å². The molecule has 4 nitrogen and oxygen atoms in total. The fourth-order valence-corrected chi connectivity index (χ4v) is 2.38. The Morgan fingerprint density at radius 3 is 2.61 bits per heavy atom. The minimum Gasteiger partial charge on any atom is -0.313 e. The molecule has 1 aromatic heterocycles. The molecule has 0 saturated heterocycles. The predicted molar refractivity (Wildman–Crippen MR) is 77.0 cm³/mol. The van der Waals surface area contributed by atoms with E-state index in [0.29, 0.717) is 4.77 Å². The van der Waals surface area contributed by atoms with Crippen LogP contribution < -0.4 is 4.90 Å². The minimum atomic E-state index is 0.276. The Morgan fingerprint density at radius 1 is 1.33 bits per heavy atom. The topological polar surface area (TPSA) is 36.9 Å². The first-order valence-electron chi connectivity index (χ1n) is 5.98. The smallest absolute Gasteiger partial charge is 0.230 e. The average Bonchev–Trinajstić information content (AvgIpc) is 2.71. The SMILES string of the molecule is Cc1ccccc1N(C)c1n[nH]c(=S)n1C(C)C. The second-order valence-corrected chi connectivity index (χ2v) is 5.02. The van der Waals surface area contributed by atoms with Crippen LogP contribution in [0.4, 0.5) is 11.6 Å². The van der Waals surface area contributed by atoms with Crippen molar-refractivity contribution in [1.82, 2.24) is 14.8 Å². The van der Waals surface area contributed by atoms with Crippen molar-refractivity contribution in [3.8, 4) is 0 Å². The number of nitrogens with one attached hydrogen (secondary N) is 1. The Kier molecular flexibility index (Phi) is 3.52. The molecule has 0 aliphatic heterocycles. The van der Waals surface area contributed by atoms with Crippen LogP contribution in [0.5, 0.6) is 0 Å². The maximum absolute atomic E-state index is 5.27. The summed E-state index contributed by atoms with van der Waals surface area (Å²) in [7, 11) is 2.01. The van der Waals surface area contributed by atoms with Crippen LogP contribution in [0.3, 0.4) is 0 Å². The van der Waals surface area contributed by atoms with Crippen LogP contribution in [-0.4, -0.2) is 21.8 Å². The Bertz CT molecular complexity index is 597. The van der Waals surface area contributed by atoms with Gasteiger partial charge in [0, 0.05) is 18.8 Å². The van der Waals surface area contributed by atoms with Crippen LogP contribution in [0.1, 0.15) is 25.5 Å². The molecule has 0 saturated carbocycles. The first-order chi connectivity index (χ1) is 8.52. The van der Waals surface area contributed by atoms with E-state index in [9.17, 15) is 0 Å². The molecular formula is C13H18N4S. The number of benzene rings is 1. The molecule has 0 bridgehead atoms. The van der Waals surface area contributed by atoms with Crippen LogP contribution in [0.25, 0.3) is 0 Å². The van der Waals surface area contributed by atoms with Gasteiger partial charge in [-0.3, -0.25) is 4.57 Å². The van der Waals surface area contributed by atoms with Gasteiger partial charge in [-0.15, -0.1) is 5.10 Å². The highest BCUT2D eigenvalue weighted by molar-refractivity contribution is 7.71. The number of para-hydroxylation sites is 1. The van der Waals surface area contributed by atoms with E-state index in [4.69, 9.17) is 12.2 Å². The minimum absolute atomic E-state index is 0.276. The van der Waals surface area contributed by atoms with E-state index >= 15 is 0 Å². The Morgan fingerprint density at radius 2 is 2.00 bits per heavy atom. The zero-order valence-electron chi connectivity index (χ0n) is 11.1. The highest BCUT2D eigenvalue weighted by atomic mass is 32.1. The highest BCUT2D eigenvalue weighted by Crippen LogP contribution is 2.26. The average molecular weight is 262 g/mol. The lowest BCUT2D eigenvalue weighted by Crippen LogP contribution is -2.17. The van der Waals surface area contributed by atoms with Crippen LogP contribution in [0, 0.1) is 11.7 Å². The fraction of sp³-hybridized carbons (Fsp3) is 0.385. The standard InChI is InChI=1S/C13H18N4S/c1-9(2)17-12(14-15-13(17)18)16(4)11-8-6-5-7-10(11)3/h5-9H,1-4H3,(H,15,18). The summed E-state index contributed by atoms with van der Waals surface area (Å²) in [5.41, 5.74) is 2.35. The molecule has 0 aliphatic rings. The molecule has 0 fully saturated rings. The van der Waals surface area contributed by atoms with Gasteiger partial charge >= 0.3 is 0 Å². The first-order valence-corrected chi connectivity index (χ1v) is 6.39. The molecule has 0 amide bonds. The molecule has 2 aromatic rings. The van der Waals surface area contributed by atoms with Gasteiger partial charge < -0.3 is 4.90 Å². The summed E-state index contributed by atoms with van der Waals surface area (Å²) in [4.78, 5) is 2.06. The van der Waals surface area contributed by atoms with Gasteiger partial charge in [-0.2, -0.15) is 0 Å². The molecule has 96 valence electrons. The van der Waals surface area contributed by atoms with Crippen molar-refractivity contribution in [1.29, 1.82) is 0 Å². The number of aromatic amines is 1. The number of rotatable bonds is 3. The summed E-state index contributed by atoms with van der Waals surface area (Å²) in [5.74, 6) is 0.837. The van der Waals surface area contributed by atoms with Crippen LogP contribution in [0.15, 0.2) is 24.3 Å². The van der Waals surface area contributed by atoms with E-state index in [-0.39, 0.29) is 6.04 Å². The van der Waals surface area contributed by atoms with E-state index in [1.807, 2.05) is 23.7 Å². The Labute approximate surface area is 112 Å². The van der Waals surface area contributed by atoms with Crippen molar-refractivity contribution in [3.05, 3.63) is 34.6 Å². The van der Waals surface area contributed by atoms with Gasteiger partial charge in [0.15, 0.2) is 4.77 Å². The molecule has 0 radical (unpaired) electrons. The number of hydrogen-bond acceptors (Lipinski definition) is 3. The zero-order valence-corrected chi connectivity index (χ0v) is 12.0. The van der Waals surface area contributed by atoms with Gasteiger partial charge in [-0.1, -0.05) is 18.2 Å². The van der Waals surface area contributed by atoms with Crippen molar-refractivity contribution in [2.45, 2.75) is 26.8 Å². The fourth-order valence-electron chi connectivity index (χ4n) is 2.05. The molecule has 0 spiro atoms. The third-order valence-corrected chi connectivity index (χ3v) is 3.27. The summed E-state index contributed by atoms with van der Waals surface area (Å²) < 4.78 is 2.67. The third kappa shape index (κ3) is 2.18. The maximum atomic E-state index is 5.27. The van der Waals surface area contributed by atoms with E-state index in [2.05, 4.69) is 48.0 Å². The van der Waals surface area contributed by atoms with Gasteiger partial charge in [0.2, 0.25) is 5.95 Å². The number of H-pyrrole nitrogens is 1. The maximum Gasteiger partial charge on any atom is 0.230 e. The van der Waals surface area contributed by atoms with Crippen molar-refractivity contribution >= 4 is 23.9 Å². The number of nitrogens with zero attached hydrogens (tertiary/aromatic N) is 3. The van der Waals surface area contributed by atoms with Crippen molar-refractivity contribution in [2.75, 3.05) is 11.9 Å². The number of aryl methyl sites for hydroxylation is 1. The monoisotopic (exact) mass is 262 g/mol. The summed E-state index contributed by atoms with van der Waals surface area (Å²) in [6, 6.07) is 8.51. The highest BCUT2D eigenvalue weighted by Gasteiger charge is 2.15. The van der Waals surface area contributed by atoms with Gasteiger partial charge in [-0.05, 0) is 44.6 Å². The van der Waals surface area contributed by atoms with E-state index in [1.165, 1.54) is 5.56 Å². The molecule has 2 rings (SSSR count). The lowest BCUT2D eigenvalue weighted by molar-refractivity contribution is 0.591. The second kappa shape index (κ2) is 4.94. The Balaban J connectivity index is 2.50. The lowest BCUT2D eigenvalue weighted by atomic mass is 10.2. The van der Waals surface area contributed by atoms with Crippen LogP contribution >= 0.6 is 12.2 Å². The normalized spacial score (nSPS) is 10.9. The zero-order chi connectivity index (χ0) is 13.3. The van der Waals surface area contributed by atoms with Gasteiger partial charge in [0.05, 0.1) is 0 Å². The molecule has 0 aliphatic carbocycles. The predicted octanol–water partition coefficient (Wildman–Crippen LogP) is 3.60. The van der Waals surface area contributed by atoms with Crippen LogP contribution in [0.2, 0.25) is 0 Å². The quantitative estimate of drug-likeness (QED) is 0.859. The van der Waals surface area contributed by atoms with Crippen molar-refractivity contribution < 1.29 is 0 Å². The molecule has 5 heteroatoms.